The van der Waals surface area contributed by atoms with Crippen LogP contribution in [0.15, 0.2) is 35.6 Å². The number of rotatable bonds is 12. The van der Waals surface area contributed by atoms with Crippen LogP contribution in [-0.4, -0.2) is 57.7 Å². The zero-order valence-corrected chi connectivity index (χ0v) is 20.6. The molecule has 2 heterocycles. The van der Waals surface area contributed by atoms with E-state index in [9.17, 15) is 4.79 Å². The van der Waals surface area contributed by atoms with E-state index in [0.717, 1.165) is 23.4 Å². The van der Waals surface area contributed by atoms with Gasteiger partial charge in [0, 0.05) is 24.4 Å². The van der Waals surface area contributed by atoms with Gasteiger partial charge >= 0.3 is 0 Å². The van der Waals surface area contributed by atoms with E-state index in [2.05, 4.69) is 43.4 Å². The second kappa shape index (κ2) is 11.7. The smallest absolute Gasteiger partial charge is 0.258 e. The summed E-state index contributed by atoms with van der Waals surface area (Å²) in [4.78, 5) is 21.6. The van der Waals surface area contributed by atoms with Gasteiger partial charge in [-0.15, -0.1) is 0 Å². The molecule has 0 radical (unpaired) electrons. The summed E-state index contributed by atoms with van der Waals surface area (Å²) in [5.74, 6) is 2.33. The van der Waals surface area contributed by atoms with Crippen molar-refractivity contribution in [1.29, 1.82) is 0 Å². The van der Waals surface area contributed by atoms with Gasteiger partial charge in [-0.1, -0.05) is 45.5 Å². The summed E-state index contributed by atoms with van der Waals surface area (Å²) in [5, 5.41) is 12.7. The van der Waals surface area contributed by atoms with E-state index in [1.807, 2.05) is 12.1 Å². The van der Waals surface area contributed by atoms with Crippen LogP contribution in [0.4, 0.5) is 5.82 Å². The fourth-order valence-corrected chi connectivity index (χ4v) is 3.69. The van der Waals surface area contributed by atoms with E-state index in [1.165, 1.54) is 0 Å². The third-order valence-electron chi connectivity index (χ3n) is 4.55. The Morgan fingerprint density at radius 2 is 1.97 bits per heavy atom. The summed E-state index contributed by atoms with van der Waals surface area (Å²) in [6.45, 7) is 10.2. The van der Waals surface area contributed by atoms with E-state index in [-0.39, 0.29) is 12.5 Å². The molecule has 0 atom stereocenters. The van der Waals surface area contributed by atoms with Crippen molar-refractivity contribution < 1.29 is 14.3 Å². The van der Waals surface area contributed by atoms with E-state index in [1.54, 1.807) is 41.9 Å². The molecule has 2 aromatic heterocycles. The third kappa shape index (κ3) is 7.24. The van der Waals surface area contributed by atoms with Crippen LogP contribution >= 0.6 is 11.8 Å². The molecule has 0 aliphatic heterocycles. The summed E-state index contributed by atoms with van der Waals surface area (Å²) in [6.07, 6.45) is 1.77. The van der Waals surface area contributed by atoms with Crippen LogP contribution < -0.4 is 20.1 Å². The van der Waals surface area contributed by atoms with Gasteiger partial charge < -0.3 is 20.1 Å². The van der Waals surface area contributed by atoms with Crippen molar-refractivity contribution in [2.75, 3.05) is 32.1 Å². The molecular formula is C23H32N6O3S. The van der Waals surface area contributed by atoms with E-state index >= 15 is 0 Å². The Labute approximate surface area is 198 Å². The molecule has 10 heteroatoms. The predicted molar refractivity (Wildman–Crippen MR) is 131 cm³/mol. The zero-order valence-electron chi connectivity index (χ0n) is 19.8. The molecule has 3 aromatic rings. The van der Waals surface area contributed by atoms with Crippen LogP contribution in [0.5, 0.6) is 11.5 Å². The number of anilines is 1. The molecule has 0 saturated heterocycles. The highest BCUT2D eigenvalue weighted by molar-refractivity contribution is 7.99. The Kier molecular flexibility index (Phi) is 8.76. The van der Waals surface area contributed by atoms with Crippen molar-refractivity contribution in [2.45, 2.75) is 44.6 Å². The number of carbonyl (C=O) groups is 1. The van der Waals surface area contributed by atoms with Gasteiger partial charge in [0.2, 0.25) is 0 Å². The van der Waals surface area contributed by atoms with Gasteiger partial charge in [0.25, 0.3) is 5.91 Å². The van der Waals surface area contributed by atoms with Crippen molar-refractivity contribution >= 4 is 34.5 Å². The first-order chi connectivity index (χ1) is 15.9. The van der Waals surface area contributed by atoms with Gasteiger partial charge in [0.1, 0.15) is 17.3 Å². The van der Waals surface area contributed by atoms with Crippen LogP contribution in [0.3, 0.4) is 0 Å². The number of aromatic nitrogens is 4. The average Bonchev–Trinajstić information content (AvgIpc) is 3.18. The number of nitrogens with zero attached hydrogens (tertiary/aromatic N) is 4. The Hall–Kier alpha value is -3.01. The highest BCUT2D eigenvalue weighted by Gasteiger charge is 2.15. The number of hydrogen-bond acceptors (Lipinski definition) is 8. The standard InChI is InChI=1S/C23H32N6O3S/c1-15(2)12-25-21-19-13-26-29(22(19)28-23(27-21)33-16(3)4)10-9-24-20(30)14-32-18-8-6-7-17(11-18)31-5/h6-8,11,13,15-16H,9-10,12,14H2,1-5H3,(H,24,30)(H,25,27,28). The summed E-state index contributed by atoms with van der Waals surface area (Å²) >= 11 is 1.61. The van der Waals surface area contributed by atoms with Gasteiger partial charge in [-0.3, -0.25) is 4.79 Å². The van der Waals surface area contributed by atoms with Crippen LogP contribution in [-0.2, 0) is 11.3 Å². The van der Waals surface area contributed by atoms with Crippen LogP contribution in [0, 0.1) is 5.92 Å². The van der Waals surface area contributed by atoms with Crippen molar-refractivity contribution in [3.05, 3.63) is 30.5 Å². The first kappa shape index (κ1) is 24.6. The van der Waals surface area contributed by atoms with Gasteiger partial charge in [-0.05, 0) is 18.1 Å². The SMILES string of the molecule is COc1cccc(OCC(=O)NCCn2ncc3c(NCC(C)C)nc(SC(C)C)nc32)c1. The molecule has 0 bridgehead atoms. The zero-order chi connectivity index (χ0) is 23.8. The minimum absolute atomic E-state index is 0.0758. The van der Waals surface area contributed by atoms with E-state index in [0.29, 0.717) is 40.9 Å². The van der Waals surface area contributed by atoms with Crippen molar-refractivity contribution in [1.82, 2.24) is 25.1 Å². The first-order valence-corrected chi connectivity index (χ1v) is 11.9. The largest absolute Gasteiger partial charge is 0.497 e. The molecule has 178 valence electrons. The lowest BCUT2D eigenvalue weighted by Gasteiger charge is -2.12. The number of amides is 1. The molecule has 1 aromatic carbocycles. The van der Waals surface area contributed by atoms with Gasteiger partial charge in [0.05, 0.1) is 25.2 Å². The minimum Gasteiger partial charge on any atom is -0.497 e. The molecule has 0 aliphatic carbocycles. The fraction of sp³-hybridized carbons (Fsp3) is 0.478. The molecule has 0 unspecified atom stereocenters. The molecule has 0 aliphatic rings. The average molecular weight is 473 g/mol. The number of ether oxygens (including phenoxy) is 2. The summed E-state index contributed by atoms with van der Waals surface area (Å²) < 4.78 is 12.5. The van der Waals surface area contributed by atoms with E-state index in [4.69, 9.17) is 19.4 Å². The first-order valence-electron chi connectivity index (χ1n) is 11.0. The molecule has 33 heavy (non-hydrogen) atoms. The van der Waals surface area contributed by atoms with E-state index < -0.39 is 0 Å². The number of fused-ring (bicyclic) bond motifs is 1. The van der Waals surface area contributed by atoms with Crippen molar-refractivity contribution in [3.63, 3.8) is 0 Å². The molecular weight excluding hydrogens is 440 g/mol. The number of thioether (sulfide) groups is 1. The Bertz CT molecular complexity index is 1070. The van der Waals surface area contributed by atoms with Gasteiger partial charge in [0.15, 0.2) is 17.4 Å². The Morgan fingerprint density at radius 3 is 2.70 bits per heavy atom. The lowest BCUT2D eigenvalue weighted by atomic mass is 10.2. The van der Waals surface area contributed by atoms with Crippen LogP contribution in [0.25, 0.3) is 11.0 Å². The summed E-state index contributed by atoms with van der Waals surface area (Å²) in [5.41, 5.74) is 0.751. The highest BCUT2D eigenvalue weighted by Crippen LogP contribution is 2.26. The molecule has 0 spiro atoms. The number of nitrogens with one attached hydrogen (secondary N) is 2. The molecule has 9 nitrogen and oxygen atoms in total. The molecule has 1 amide bonds. The van der Waals surface area contributed by atoms with Crippen molar-refractivity contribution in [3.8, 4) is 11.5 Å². The second-order valence-electron chi connectivity index (χ2n) is 8.22. The Morgan fingerprint density at radius 1 is 1.18 bits per heavy atom. The van der Waals surface area contributed by atoms with Crippen molar-refractivity contribution in [2.24, 2.45) is 5.92 Å². The van der Waals surface area contributed by atoms with Crippen LogP contribution in [0.2, 0.25) is 0 Å². The molecule has 0 fully saturated rings. The molecule has 0 saturated carbocycles. The second-order valence-corrected chi connectivity index (χ2v) is 9.76. The number of benzene rings is 1. The quantitative estimate of drug-likeness (QED) is 0.304. The summed E-state index contributed by atoms with van der Waals surface area (Å²) in [7, 11) is 1.59. The monoisotopic (exact) mass is 472 g/mol. The normalized spacial score (nSPS) is 11.2. The number of methoxy groups -OCH3 is 1. The van der Waals surface area contributed by atoms with Crippen LogP contribution in [0.1, 0.15) is 27.7 Å². The lowest BCUT2D eigenvalue weighted by Crippen LogP contribution is -2.31. The lowest BCUT2D eigenvalue weighted by molar-refractivity contribution is -0.123. The molecule has 2 N–H and O–H groups in total. The maximum Gasteiger partial charge on any atom is 0.258 e. The summed E-state index contributed by atoms with van der Waals surface area (Å²) in [6, 6.07) is 7.15. The maximum absolute atomic E-state index is 12.2. The minimum atomic E-state index is -0.209. The predicted octanol–water partition coefficient (Wildman–Crippen LogP) is 3.60. The third-order valence-corrected chi connectivity index (χ3v) is 5.42. The van der Waals surface area contributed by atoms with Gasteiger partial charge in [-0.2, -0.15) is 5.10 Å². The highest BCUT2D eigenvalue weighted by atomic mass is 32.2. The Balaban J connectivity index is 1.62. The fourth-order valence-electron chi connectivity index (χ4n) is 2.99. The van der Waals surface area contributed by atoms with Gasteiger partial charge in [-0.25, -0.2) is 14.6 Å². The maximum atomic E-state index is 12.2. The number of carbonyl (C=O) groups excluding carboxylic acids is 1. The number of hydrogen-bond donors (Lipinski definition) is 2. The topological polar surface area (TPSA) is 103 Å². The molecule has 3 rings (SSSR count).